The van der Waals surface area contributed by atoms with Crippen LogP contribution in [0.4, 0.5) is 0 Å². The zero-order valence-corrected chi connectivity index (χ0v) is 9.77. The number of hydrogen-bond acceptors (Lipinski definition) is 1. The molecule has 2 rings (SSSR count). The third-order valence-electron chi connectivity index (χ3n) is 1.74. The third kappa shape index (κ3) is 6.89. The Morgan fingerprint density at radius 1 is 1.20 bits per heavy atom. The molecule has 80 valence electrons. The molecule has 0 radical (unpaired) electrons. The van der Waals surface area contributed by atoms with Crippen molar-refractivity contribution in [1.29, 1.82) is 0 Å². The van der Waals surface area contributed by atoms with Crippen LogP contribution in [0.5, 0.6) is 0 Å². The van der Waals surface area contributed by atoms with Crippen molar-refractivity contribution < 1.29 is 21.9 Å². The molecule has 1 nitrogen and oxygen atoms in total. The molecule has 0 atom stereocenters. The van der Waals surface area contributed by atoms with Gasteiger partial charge in [-0.2, -0.15) is 42.0 Å². The first-order chi connectivity index (χ1) is 6.79. The standard InChI is InChI=1S/C8H9O.C5H5.Fe/c1-7(9)6-8-4-2-3-5-8;1-2-4-5-3-1;/h2-5H,6H2,1H3;1-5H;/q2*-1;+2. The van der Waals surface area contributed by atoms with Gasteiger partial charge in [-0.1, -0.05) is 0 Å². The SMILES string of the molecule is CC(=O)Cc1cc[cH-]c1.[Fe+2].c1cc[cH-]c1. The van der Waals surface area contributed by atoms with Crippen molar-refractivity contribution in [3.63, 3.8) is 0 Å². The van der Waals surface area contributed by atoms with Gasteiger partial charge in [-0.15, -0.1) is 0 Å². The van der Waals surface area contributed by atoms with Crippen LogP contribution in [0.15, 0.2) is 54.6 Å². The molecule has 0 bridgehead atoms. The molecule has 0 spiro atoms. The zero-order valence-electron chi connectivity index (χ0n) is 8.67. The first-order valence-electron chi connectivity index (χ1n) is 4.66. The van der Waals surface area contributed by atoms with Crippen LogP contribution in [-0.2, 0) is 28.3 Å². The van der Waals surface area contributed by atoms with Crippen LogP contribution >= 0.6 is 0 Å². The fourth-order valence-corrected chi connectivity index (χ4v) is 1.14. The van der Waals surface area contributed by atoms with E-state index in [9.17, 15) is 4.79 Å². The van der Waals surface area contributed by atoms with Gasteiger partial charge in [0.2, 0.25) is 0 Å². The van der Waals surface area contributed by atoms with Gasteiger partial charge in [0.25, 0.3) is 0 Å². The monoisotopic (exact) mass is 242 g/mol. The molecule has 2 aromatic carbocycles. The predicted octanol–water partition coefficient (Wildman–Crippen LogP) is 2.94. The molecule has 0 aliphatic carbocycles. The maximum atomic E-state index is 10.5. The summed E-state index contributed by atoms with van der Waals surface area (Å²) in [4.78, 5) is 10.5. The minimum absolute atomic E-state index is 0. The number of Topliss-reactive ketones (excluding diaryl/α,β-unsaturated/α-hetero) is 1. The van der Waals surface area contributed by atoms with E-state index in [0.29, 0.717) is 6.42 Å². The van der Waals surface area contributed by atoms with E-state index in [0.717, 1.165) is 5.56 Å². The zero-order chi connectivity index (χ0) is 10.2. The summed E-state index contributed by atoms with van der Waals surface area (Å²) in [6.07, 6.45) is 0.576. The van der Waals surface area contributed by atoms with E-state index in [1.54, 1.807) is 6.92 Å². The maximum Gasteiger partial charge on any atom is 2.00 e. The second-order valence-corrected chi connectivity index (χ2v) is 3.13. The quantitative estimate of drug-likeness (QED) is 0.584. The molecule has 2 heteroatoms. The molecule has 0 N–H and O–H groups in total. The van der Waals surface area contributed by atoms with Gasteiger partial charge in [-0.05, 0) is 13.3 Å². The van der Waals surface area contributed by atoms with Crippen LogP contribution in [0.25, 0.3) is 0 Å². The van der Waals surface area contributed by atoms with Gasteiger partial charge in [-0.25, -0.2) is 18.2 Å². The van der Waals surface area contributed by atoms with Crippen LogP contribution in [0.3, 0.4) is 0 Å². The predicted molar refractivity (Wildman–Crippen MR) is 58.5 cm³/mol. The second kappa shape index (κ2) is 8.22. The molecule has 0 aliphatic heterocycles. The molecule has 15 heavy (non-hydrogen) atoms. The van der Waals surface area contributed by atoms with E-state index < -0.39 is 0 Å². The Morgan fingerprint density at radius 3 is 2.20 bits per heavy atom. The van der Waals surface area contributed by atoms with Crippen molar-refractivity contribution in [3.05, 3.63) is 60.2 Å². The van der Waals surface area contributed by atoms with E-state index in [1.807, 2.05) is 54.6 Å². The number of ketones is 1. The van der Waals surface area contributed by atoms with Crippen molar-refractivity contribution in [1.82, 2.24) is 0 Å². The molecule has 0 amide bonds. The van der Waals surface area contributed by atoms with E-state index in [-0.39, 0.29) is 22.9 Å². The number of rotatable bonds is 2. The maximum absolute atomic E-state index is 10.5. The normalized spacial score (nSPS) is 8.33. The van der Waals surface area contributed by atoms with E-state index in [1.165, 1.54) is 0 Å². The Balaban J connectivity index is 0.000000280. The molecule has 0 unspecified atom stereocenters. The first-order valence-corrected chi connectivity index (χ1v) is 4.66. The second-order valence-electron chi connectivity index (χ2n) is 3.13. The summed E-state index contributed by atoms with van der Waals surface area (Å²) in [7, 11) is 0. The number of hydrogen-bond donors (Lipinski definition) is 0. The van der Waals surface area contributed by atoms with Crippen LogP contribution in [0.2, 0.25) is 0 Å². The summed E-state index contributed by atoms with van der Waals surface area (Å²) in [5, 5.41) is 0. The van der Waals surface area contributed by atoms with Crippen LogP contribution in [0, 0.1) is 0 Å². The van der Waals surface area contributed by atoms with Crippen LogP contribution < -0.4 is 0 Å². The average molecular weight is 242 g/mol. The van der Waals surface area contributed by atoms with E-state index in [2.05, 4.69) is 0 Å². The molecule has 0 saturated heterocycles. The van der Waals surface area contributed by atoms with Gasteiger partial charge in [0.15, 0.2) is 0 Å². The van der Waals surface area contributed by atoms with Gasteiger partial charge in [0, 0.05) is 0 Å². The Hall–Kier alpha value is -1.11. The largest absolute Gasteiger partial charge is 2.00 e. The van der Waals surface area contributed by atoms with Gasteiger partial charge < -0.3 is 4.79 Å². The minimum Gasteiger partial charge on any atom is -0.301 e. The van der Waals surface area contributed by atoms with Crippen LogP contribution in [0.1, 0.15) is 12.5 Å². The molecule has 0 aromatic heterocycles. The van der Waals surface area contributed by atoms with Gasteiger partial charge >= 0.3 is 17.1 Å². The molecule has 0 saturated carbocycles. The summed E-state index contributed by atoms with van der Waals surface area (Å²) >= 11 is 0. The fourth-order valence-electron chi connectivity index (χ4n) is 1.14. The topological polar surface area (TPSA) is 17.1 Å². The van der Waals surface area contributed by atoms with Crippen molar-refractivity contribution in [2.75, 3.05) is 0 Å². The summed E-state index contributed by atoms with van der Waals surface area (Å²) in [5.74, 6) is 0.223. The van der Waals surface area contributed by atoms with E-state index >= 15 is 0 Å². The molecular weight excluding hydrogens is 228 g/mol. The smallest absolute Gasteiger partial charge is 0.301 e. The molecule has 2 aromatic rings. The fraction of sp³-hybridized carbons (Fsp3) is 0.154. The summed E-state index contributed by atoms with van der Waals surface area (Å²) < 4.78 is 0. The Labute approximate surface area is 101 Å². The summed E-state index contributed by atoms with van der Waals surface area (Å²) in [6, 6.07) is 17.8. The van der Waals surface area contributed by atoms with Crippen molar-refractivity contribution in [2.45, 2.75) is 13.3 Å². The van der Waals surface area contributed by atoms with Gasteiger partial charge in [0.05, 0.1) is 0 Å². The molecule has 0 heterocycles. The minimum atomic E-state index is 0. The first kappa shape index (κ1) is 13.9. The summed E-state index contributed by atoms with van der Waals surface area (Å²) in [6.45, 7) is 1.60. The van der Waals surface area contributed by atoms with Crippen molar-refractivity contribution >= 4 is 5.78 Å². The van der Waals surface area contributed by atoms with Gasteiger partial charge in [0.1, 0.15) is 5.78 Å². The molecule has 0 aliphatic rings. The molecular formula is C13H14FeO. The average Bonchev–Trinajstić information content (AvgIpc) is 2.75. The molecule has 0 fully saturated rings. The summed E-state index contributed by atoms with van der Waals surface area (Å²) in [5.41, 5.74) is 1.11. The van der Waals surface area contributed by atoms with Crippen molar-refractivity contribution in [2.24, 2.45) is 0 Å². The number of carbonyl (C=O) groups is 1. The van der Waals surface area contributed by atoms with Crippen molar-refractivity contribution in [3.8, 4) is 0 Å². The Kier molecular flexibility index (Phi) is 7.61. The van der Waals surface area contributed by atoms with Crippen LogP contribution in [-0.4, -0.2) is 5.78 Å². The van der Waals surface area contributed by atoms with Gasteiger partial charge in [-0.3, -0.25) is 0 Å². The Morgan fingerprint density at radius 2 is 1.87 bits per heavy atom. The third-order valence-corrected chi connectivity index (χ3v) is 1.74. The van der Waals surface area contributed by atoms with E-state index in [4.69, 9.17) is 0 Å². The number of carbonyl (C=O) groups excluding carboxylic acids is 1. The Bertz CT molecular complexity index is 315.